The second kappa shape index (κ2) is 6.72. The Morgan fingerprint density at radius 2 is 2.00 bits per heavy atom. The highest BCUT2D eigenvalue weighted by molar-refractivity contribution is 4.93. The van der Waals surface area contributed by atoms with Gasteiger partial charge in [-0.15, -0.1) is 0 Å². The van der Waals surface area contributed by atoms with E-state index in [1.54, 1.807) is 7.11 Å². The first-order valence-corrected chi connectivity index (χ1v) is 6.95. The van der Waals surface area contributed by atoms with Gasteiger partial charge < -0.3 is 10.1 Å². The van der Waals surface area contributed by atoms with Crippen molar-refractivity contribution in [3.8, 4) is 0 Å². The van der Waals surface area contributed by atoms with Crippen molar-refractivity contribution in [3.05, 3.63) is 0 Å². The van der Waals surface area contributed by atoms with Crippen molar-refractivity contribution in [2.75, 3.05) is 39.9 Å². The molecule has 1 aliphatic rings. The molecular formula is C14H30N2O. The molecule has 3 nitrogen and oxygen atoms in total. The van der Waals surface area contributed by atoms with Crippen molar-refractivity contribution in [1.82, 2.24) is 10.2 Å². The zero-order valence-corrected chi connectivity index (χ0v) is 12.3. The first kappa shape index (κ1) is 14.9. The fourth-order valence-corrected chi connectivity index (χ4v) is 2.71. The number of methoxy groups -OCH3 is 1. The smallest absolute Gasteiger partial charge is 0.0589 e. The Bertz CT molecular complexity index is 210. The maximum absolute atomic E-state index is 5.22. The molecule has 1 rings (SSSR count). The fourth-order valence-electron chi connectivity index (χ4n) is 2.71. The lowest BCUT2D eigenvalue weighted by atomic mass is 9.76. The van der Waals surface area contributed by atoms with Crippen LogP contribution in [-0.2, 0) is 4.74 Å². The molecule has 0 aromatic carbocycles. The molecule has 1 N–H and O–H groups in total. The first-order chi connectivity index (χ1) is 8.02. The highest BCUT2D eigenvalue weighted by atomic mass is 16.5. The van der Waals surface area contributed by atoms with Gasteiger partial charge in [0.25, 0.3) is 0 Å². The maximum atomic E-state index is 5.22. The van der Waals surface area contributed by atoms with Crippen LogP contribution < -0.4 is 5.32 Å². The Morgan fingerprint density at radius 1 is 1.29 bits per heavy atom. The van der Waals surface area contributed by atoms with Gasteiger partial charge in [0.15, 0.2) is 0 Å². The maximum Gasteiger partial charge on any atom is 0.0589 e. The van der Waals surface area contributed by atoms with Gasteiger partial charge in [-0.05, 0) is 38.1 Å². The van der Waals surface area contributed by atoms with Crippen molar-refractivity contribution >= 4 is 0 Å². The molecule has 0 amide bonds. The minimum atomic E-state index is 0.456. The van der Waals surface area contributed by atoms with Crippen LogP contribution in [0.3, 0.4) is 0 Å². The van der Waals surface area contributed by atoms with E-state index in [1.165, 1.54) is 26.1 Å². The minimum Gasteiger partial charge on any atom is -0.383 e. The number of nitrogens with zero attached hydrogens (tertiary/aromatic N) is 1. The summed E-state index contributed by atoms with van der Waals surface area (Å²) >= 11 is 0. The third kappa shape index (κ3) is 3.94. The van der Waals surface area contributed by atoms with Crippen LogP contribution in [-0.4, -0.2) is 50.8 Å². The third-order valence-corrected chi connectivity index (χ3v) is 4.33. The normalized spacial score (nSPS) is 25.4. The molecule has 1 fully saturated rings. The van der Waals surface area contributed by atoms with Gasteiger partial charge in [-0.1, -0.05) is 13.8 Å². The van der Waals surface area contributed by atoms with Crippen LogP contribution in [0, 0.1) is 11.3 Å². The van der Waals surface area contributed by atoms with Gasteiger partial charge in [-0.2, -0.15) is 0 Å². The molecule has 0 bridgehead atoms. The van der Waals surface area contributed by atoms with Crippen molar-refractivity contribution in [2.45, 2.75) is 40.2 Å². The summed E-state index contributed by atoms with van der Waals surface area (Å²) in [6.45, 7) is 14.7. The molecule has 0 aromatic rings. The summed E-state index contributed by atoms with van der Waals surface area (Å²) in [5.41, 5.74) is 0.456. The third-order valence-electron chi connectivity index (χ3n) is 4.33. The van der Waals surface area contributed by atoms with Gasteiger partial charge in [0.05, 0.1) is 6.61 Å². The summed E-state index contributed by atoms with van der Waals surface area (Å²) in [6, 6.07) is 0.598. The highest BCUT2D eigenvalue weighted by Crippen LogP contribution is 2.35. The van der Waals surface area contributed by atoms with E-state index in [2.05, 4.69) is 37.9 Å². The van der Waals surface area contributed by atoms with Gasteiger partial charge in [-0.3, -0.25) is 4.90 Å². The quantitative estimate of drug-likeness (QED) is 0.739. The summed E-state index contributed by atoms with van der Waals surface area (Å²) in [6.07, 6.45) is 1.31. The monoisotopic (exact) mass is 242 g/mol. The minimum absolute atomic E-state index is 0.456. The van der Waals surface area contributed by atoms with E-state index in [9.17, 15) is 0 Å². The number of rotatable bonds is 7. The molecule has 1 unspecified atom stereocenters. The summed E-state index contributed by atoms with van der Waals surface area (Å²) in [4.78, 5) is 2.57. The molecule has 1 atom stereocenters. The molecule has 0 saturated carbocycles. The van der Waals surface area contributed by atoms with Crippen LogP contribution in [0.5, 0.6) is 0 Å². The number of ether oxygens (including phenoxy) is 1. The summed E-state index contributed by atoms with van der Waals surface area (Å²) in [5.74, 6) is 0.737. The molecule has 102 valence electrons. The van der Waals surface area contributed by atoms with Crippen molar-refractivity contribution in [3.63, 3.8) is 0 Å². The molecule has 0 radical (unpaired) electrons. The first-order valence-electron chi connectivity index (χ1n) is 6.95. The van der Waals surface area contributed by atoms with Gasteiger partial charge in [0, 0.05) is 32.8 Å². The molecule has 1 saturated heterocycles. The Balaban J connectivity index is 2.62. The van der Waals surface area contributed by atoms with Crippen LogP contribution in [0.25, 0.3) is 0 Å². The van der Waals surface area contributed by atoms with Crippen LogP contribution in [0.15, 0.2) is 0 Å². The standard InChI is InChI=1S/C14H30N2O/c1-12(2)14(6-7-15-10-14)11-16(13(3)4)8-9-17-5/h12-13,15H,6-11H2,1-5H3. The average Bonchev–Trinajstić information content (AvgIpc) is 2.73. The Hall–Kier alpha value is -0.120. The number of hydrogen-bond donors (Lipinski definition) is 1. The zero-order valence-electron chi connectivity index (χ0n) is 12.3. The van der Waals surface area contributed by atoms with Gasteiger partial charge in [0.2, 0.25) is 0 Å². The van der Waals surface area contributed by atoms with E-state index < -0.39 is 0 Å². The number of hydrogen-bond acceptors (Lipinski definition) is 3. The van der Waals surface area contributed by atoms with E-state index in [1.807, 2.05) is 0 Å². The van der Waals surface area contributed by atoms with Gasteiger partial charge in [-0.25, -0.2) is 0 Å². The van der Waals surface area contributed by atoms with Gasteiger partial charge >= 0.3 is 0 Å². The van der Waals surface area contributed by atoms with E-state index in [4.69, 9.17) is 4.74 Å². The molecular weight excluding hydrogens is 212 g/mol. The van der Waals surface area contributed by atoms with Crippen LogP contribution in [0.2, 0.25) is 0 Å². The van der Waals surface area contributed by atoms with Crippen LogP contribution in [0.4, 0.5) is 0 Å². The molecule has 0 aromatic heterocycles. The van der Waals surface area contributed by atoms with Gasteiger partial charge in [0.1, 0.15) is 0 Å². The topological polar surface area (TPSA) is 24.5 Å². The Morgan fingerprint density at radius 3 is 2.41 bits per heavy atom. The largest absolute Gasteiger partial charge is 0.383 e. The lowest BCUT2D eigenvalue weighted by Crippen LogP contribution is -2.46. The predicted octanol–water partition coefficient (Wildman–Crippen LogP) is 1.98. The summed E-state index contributed by atoms with van der Waals surface area (Å²) < 4.78 is 5.22. The van der Waals surface area contributed by atoms with E-state index in [-0.39, 0.29) is 0 Å². The van der Waals surface area contributed by atoms with E-state index >= 15 is 0 Å². The van der Waals surface area contributed by atoms with Crippen LogP contribution >= 0.6 is 0 Å². The zero-order chi connectivity index (χ0) is 12.9. The molecule has 0 spiro atoms. The lowest BCUT2D eigenvalue weighted by Gasteiger charge is -2.39. The van der Waals surface area contributed by atoms with Crippen molar-refractivity contribution < 1.29 is 4.74 Å². The molecule has 0 aliphatic carbocycles. The Kier molecular flexibility index (Phi) is 5.90. The summed E-state index contributed by atoms with van der Waals surface area (Å²) in [7, 11) is 1.79. The second-order valence-electron chi connectivity index (χ2n) is 6.00. The van der Waals surface area contributed by atoms with Crippen molar-refractivity contribution in [1.29, 1.82) is 0 Å². The van der Waals surface area contributed by atoms with Crippen molar-refractivity contribution in [2.24, 2.45) is 11.3 Å². The molecule has 17 heavy (non-hydrogen) atoms. The predicted molar refractivity (Wildman–Crippen MR) is 73.3 cm³/mol. The molecule has 1 aliphatic heterocycles. The lowest BCUT2D eigenvalue weighted by molar-refractivity contribution is 0.0689. The molecule has 3 heteroatoms. The van der Waals surface area contributed by atoms with E-state index in [0.29, 0.717) is 11.5 Å². The van der Waals surface area contributed by atoms with Crippen LogP contribution in [0.1, 0.15) is 34.1 Å². The summed E-state index contributed by atoms with van der Waals surface area (Å²) in [5, 5.41) is 3.54. The fraction of sp³-hybridized carbons (Fsp3) is 1.00. The number of nitrogens with one attached hydrogen (secondary N) is 1. The van der Waals surface area contributed by atoms with E-state index in [0.717, 1.165) is 19.1 Å². The SMILES string of the molecule is COCCN(CC1(C(C)C)CCNC1)C(C)C. The average molecular weight is 242 g/mol. The Labute approximate surface area is 107 Å². The molecule has 1 heterocycles. The highest BCUT2D eigenvalue weighted by Gasteiger charge is 2.38. The second-order valence-corrected chi connectivity index (χ2v) is 6.00.